The van der Waals surface area contributed by atoms with Crippen molar-refractivity contribution in [2.75, 3.05) is 11.9 Å². The molecule has 10 heteroatoms. The second-order valence-corrected chi connectivity index (χ2v) is 9.11. The molecule has 1 N–H and O–H groups in total. The van der Waals surface area contributed by atoms with E-state index in [9.17, 15) is 0 Å². The van der Waals surface area contributed by atoms with Crippen LogP contribution in [0.25, 0.3) is 11.4 Å². The Kier molecular flexibility index (Phi) is 6.03. The highest BCUT2D eigenvalue weighted by molar-refractivity contribution is 8.00. The van der Waals surface area contributed by atoms with Gasteiger partial charge in [-0.3, -0.25) is 0 Å². The van der Waals surface area contributed by atoms with Crippen molar-refractivity contribution in [1.82, 2.24) is 20.3 Å². The molecule has 0 spiro atoms. The van der Waals surface area contributed by atoms with Gasteiger partial charge in [0.2, 0.25) is 16.8 Å². The summed E-state index contributed by atoms with van der Waals surface area (Å²) in [5.74, 6) is 1.65. The fourth-order valence-electron chi connectivity index (χ4n) is 2.24. The lowest BCUT2D eigenvalue weighted by Gasteiger charge is -1.98. The topological polar surface area (TPSA) is 76.7 Å². The summed E-state index contributed by atoms with van der Waals surface area (Å²) < 4.78 is 6.17. The molecule has 0 atom stereocenters. The standard InChI is InChI=1S/C17H14ClN5OS3/c18-12-5-3-11(4-6-12)15-20-14(24-23-15)10-26-17-22-21-16(27-17)19-8-7-13-2-1-9-25-13/h1-6,9H,7-8,10H2,(H,19,21). The van der Waals surface area contributed by atoms with E-state index in [1.165, 1.54) is 28.0 Å². The molecular weight excluding hydrogens is 422 g/mol. The number of nitrogens with zero attached hydrogens (tertiary/aromatic N) is 4. The van der Waals surface area contributed by atoms with Gasteiger partial charge in [-0.15, -0.1) is 21.5 Å². The van der Waals surface area contributed by atoms with Gasteiger partial charge >= 0.3 is 0 Å². The number of thiophene rings is 1. The number of nitrogens with one attached hydrogen (secondary N) is 1. The monoisotopic (exact) mass is 435 g/mol. The fraction of sp³-hybridized carbons (Fsp3) is 0.176. The fourth-order valence-corrected chi connectivity index (χ4v) is 4.69. The number of aromatic nitrogens is 4. The average Bonchev–Trinajstić information content (AvgIpc) is 3.43. The molecule has 138 valence electrons. The van der Waals surface area contributed by atoms with Gasteiger partial charge in [-0.25, -0.2) is 0 Å². The van der Waals surface area contributed by atoms with Gasteiger partial charge in [0.05, 0.1) is 5.75 Å². The molecule has 0 unspecified atom stereocenters. The first-order chi connectivity index (χ1) is 13.3. The zero-order valence-corrected chi connectivity index (χ0v) is 17.2. The summed E-state index contributed by atoms with van der Waals surface area (Å²) in [5.41, 5.74) is 0.868. The average molecular weight is 436 g/mol. The Bertz CT molecular complexity index is 984. The molecule has 4 rings (SSSR count). The molecule has 0 bridgehead atoms. The molecular formula is C17H14ClN5OS3. The first-order valence-corrected chi connectivity index (χ1v) is 11.1. The molecule has 0 saturated heterocycles. The van der Waals surface area contributed by atoms with E-state index in [-0.39, 0.29) is 0 Å². The second kappa shape index (κ2) is 8.83. The summed E-state index contributed by atoms with van der Waals surface area (Å²) in [6.07, 6.45) is 0.981. The molecule has 4 aromatic rings. The van der Waals surface area contributed by atoms with Gasteiger partial charge in [0.25, 0.3) is 0 Å². The van der Waals surface area contributed by atoms with Gasteiger partial charge in [-0.05, 0) is 42.1 Å². The van der Waals surface area contributed by atoms with Crippen LogP contribution in [-0.2, 0) is 12.2 Å². The van der Waals surface area contributed by atoms with Crippen molar-refractivity contribution >= 4 is 51.2 Å². The highest BCUT2D eigenvalue weighted by Crippen LogP contribution is 2.28. The normalized spacial score (nSPS) is 11.0. The summed E-state index contributed by atoms with van der Waals surface area (Å²) in [7, 11) is 0. The van der Waals surface area contributed by atoms with Crippen LogP contribution in [0, 0.1) is 0 Å². The summed E-state index contributed by atoms with van der Waals surface area (Å²) in [6, 6.07) is 11.5. The number of hydrogen-bond acceptors (Lipinski definition) is 9. The van der Waals surface area contributed by atoms with E-state index in [1.54, 1.807) is 23.5 Å². The lowest BCUT2D eigenvalue weighted by molar-refractivity contribution is 0.391. The number of hydrogen-bond donors (Lipinski definition) is 1. The molecule has 0 amide bonds. The van der Waals surface area contributed by atoms with Gasteiger partial charge in [-0.2, -0.15) is 4.98 Å². The molecule has 6 nitrogen and oxygen atoms in total. The van der Waals surface area contributed by atoms with Crippen LogP contribution < -0.4 is 5.32 Å². The van der Waals surface area contributed by atoms with Gasteiger partial charge in [0.15, 0.2) is 4.34 Å². The van der Waals surface area contributed by atoms with Crippen LogP contribution in [0.1, 0.15) is 10.8 Å². The Labute approximate surface area is 173 Å². The van der Waals surface area contributed by atoms with Crippen LogP contribution in [0.5, 0.6) is 0 Å². The smallest absolute Gasteiger partial charge is 0.237 e. The van der Waals surface area contributed by atoms with Crippen LogP contribution in [0.4, 0.5) is 5.13 Å². The number of thioether (sulfide) groups is 1. The molecule has 3 aromatic heterocycles. The Morgan fingerprint density at radius 1 is 1.15 bits per heavy atom. The van der Waals surface area contributed by atoms with Crippen LogP contribution in [0.2, 0.25) is 5.02 Å². The zero-order valence-electron chi connectivity index (χ0n) is 14.0. The maximum absolute atomic E-state index is 5.90. The van der Waals surface area contributed by atoms with Crippen LogP contribution in [0.15, 0.2) is 50.6 Å². The first-order valence-electron chi connectivity index (χ1n) is 8.07. The Morgan fingerprint density at radius 2 is 2.04 bits per heavy atom. The van der Waals surface area contributed by atoms with Gasteiger partial charge in [-0.1, -0.05) is 45.9 Å². The molecule has 0 radical (unpaired) electrons. The predicted octanol–water partition coefficient (Wildman–Crippen LogP) is 5.25. The molecule has 0 aliphatic rings. The van der Waals surface area contributed by atoms with E-state index >= 15 is 0 Å². The van der Waals surface area contributed by atoms with E-state index in [2.05, 4.69) is 43.2 Å². The zero-order chi connectivity index (χ0) is 18.5. The molecule has 3 heterocycles. The Balaban J connectivity index is 1.28. The van der Waals surface area contributed by atoms with Crippen molar-refractivity contribution in [3.8, 4) is 11.4 Å². The Morgan fingerprint density at radius 3 is 2.85 bits per heavy atom. The summed E-state index contributed by atoms with van der Waals surface area (Å²) in [5, 5.41) is 19.3. The molecule has 1 aromatic carbocycles. The minimum absolute atomic E-state index is 0.546. The van der Waals surface area contributed by atoms with Crippen LogP contribution >= 0.6 is 46.0 Å². The lowest BCUT2D eigenvalue weighted by atomic mass is 10.2. The van der Waals surface area contributed by atoms with Crippen LogP contribution in [-0.4, -0.2) is 26.9 Å². The highest BCUT2D eigenvalue weighted by atomic mass is 35.5. The molecule has 0 fully saturated rings. The van der Waals surface area contributed by atoms with Crippen molar-refractivity contribution in [2.45, 2.75) is 16.5 Å². The van der Waals surface area contributed by atoms with Gasteiger partial charge < -0.3 is 9.84 Å². The van der Waals surface area contributed by atoms with E-state index in [4.69, 9.17) is 16.1 Å². The van der Waals surface area contributed by atoms with E-state index in [0.29, 0.717) is 22.5 Å². The van der Waals surface area contributed by atoms with E-state index < -0.39 is 0 Å². The highest BCUT2D eigenvalue weighted by Gasteiger charge is 2.11. The van der Waals surface area contributed by atoms with Crippen molar-refractivity contribution in [1.29, 1.82) is 0 Å². The third-order valence-electron chi connectivity index (χ3n) is 3.52. The maximum Gasteiger partial charge on any atom is 0.237 e. The van der Waals surface area contributed by atoms with E-state index in [1.807, 2.05) is 12.1 Å². The van der Waals surface area contributed by atoms with Crippen molar-refractivity contribution < 1.29 is 4.52 Å². The van der Waals surface area contributed by atoms with Crippen LogP contribution in [0.3, 0.4) is 0 Å². The SMILES string of the molecule is Clc1ccc(-c2noc(CSc3nnc(NCCc4cccs4)s3)n2)cc1. The number of anilines is 1. The van der Waals surface area contributed by atoms with Gasteiger partial charge in [0, 0.05) is 22.0 Å². The number of halogens is 1. The second-order valence-electron chi connectivity index (χ2n) is 5.44. The van der Waals surface area contributed by atoms with E-state index in [0.717, 1.165) is 28.0 Å². The number of rotatable bonds is 8. The largest absolute Gasteiger partial charge is 0.360 e. The number of benzene rings is 1. The summed E-state index contributed by atoms with van der Waals surface area (Å²) in [6.45, 7) is 0.841. The minimum Gasteiger partial charge on any atom is -0.360 e. The van der Waals surface area contributed by atoms with Crippen molar-refractivity contribution in [2.24, 2.45) is 0 Å². The minimum atomic E-state index is 0.546. The molecule has 27 heavy (non-hydrogen) atoms. The summed E-state index contributed by atoms with van der Waals surface area (Å²) >= 11 is 10.7. The quantitative estimate of drug-likeness (QED) is 0.378. The third kappa shape index (κ3) is 5.07. The molecule has 0 saturated carbocycles. The van der Waals surface area contributed by atoms with Crippen molar-refractivity contribution in [3.63, 3.8) is 0 Å². The van der Waals surface area contributed by atoms with Crippen molar-refractivity contribution in [3.05, 3.63) is 57.6 Å². The molecule has 0 aliphatic carbocycles. The maximum atomic E-state index is 5.90. The lowest BCUT2D eigenvalue weighted by Crippen LogP contribution is -2.03. The van der Waals surface area contributed by atoms with Gasteiger partial charge in [0.1, 0.15) is 0 Å². The first kappa shape index (κ1) is 18.4. The predicted molar refractivity (Wildman–Crippen MR) is 111 cm³/mol. The third-order valence-corrected chi connectivity index (χ3v) is 6.71. The molecule has 0 aliphatic heterocycles. The Hall–Kier alpha value is -1.94. The summed E-state index contributed by atoms with van der Waals surface area (Å²) in [4.78, 5) is 5.77.